The van der Waals surface area contributed by atoms with Crippen LogP contribution in [0.3, 0.4) is 0 Å². The van der Waals surface area contributed by atoms with Crippen molar-refractivity contribution in [2.75, 3.05) is 41.0 Å². The van der Waals surface area contributed by atoms with Gasteiger partial charge in [-0.05, 0) is 83.5 Å². The highest BCUT2D eigenvalue weighted by Crippen LogP contribution is 2.14. The average Bonchev–Trinajstić information content (AvgIpc) is 3.23. The molecule has 0 aromatic heterocycles. The lowest BCUT2D eigenvalue weighted by Crippen LogP contribution is -2.50. The molecule has 0 spiro atoms. The third-order valence-corrected chi connectivity index (χ3v) is 10.6. The highest BCUT2D eigenvalue weighted by Gasteiger charge is 2.31. The number of allylic oxidation sites excluding steroid dienone is 14. The fraction of sp³-hybridized carbons (Fsp3) is 0.685. The Hall–Kier alpha value is -3.49. The van der Waals surface area contributed by atoms with E-state index in [1.165, 1.54) is 51.4 Å². The lowest BCUT2D eigenvalue weighted by molar-refractivity contribution is -0.887. The normalized spacial score (nSPS) is 13.6. The molecule has 0 bridgehead atoms. The Morgan fingerprint density at radius 2 is 0.952 bits per heavy atom. The van der Waals surface area contributed by atoms with E-state index < -0.39 is 18.1 Å². The molecule has 2 unspecified atom stereocenters. The molecule has 62 heavy (non-hydrogen) atoms. The van der Waals surface area contributed by atoms with Gasteiger partial charge in [-0.2, -0.15) is 0 Å². The summed E-state index contributed by atoms with van der Waals surface area (Å²) in [5.41, 5.74) is 0. The van der Waals surface area contributed by atoms with E-state index >= 15 is 0 Å². The topological polar surface area (TPSA) is 99.1 Å². The van der Waals surface area contributed by atoms with Crippen LogP contribution in [-0.4, -0.2) is 80.6 Å². The number of carbonyl (C=O) groups excluding carboxylic acids is 2. The van der Waals surface area contributed by atoms with Crippen molar-refractivity contribution in [2.24, 2.45) is 0 Å². The Bertz CT molecular complexity index is 1290. The van der Waals surface area contributed by atoms with Gasteiger partial charge in [0.15, 0.2) is 12.1 Å². The van der Waals surface area contributed by atoms with Crippen LogP contribution in [0.1, 0.15) is 187 Å². The van der Waals surface area contributed by atoms with Gasteiger partial charge in [0.2, 0.25) is 0 Å². The number of esters is 2. The number of rotatable bonds is 43. The molecule has 0 aromatic carbocycles. The summed E-state index contributed by atoms with van der Waals surface area (Å²) in [5, 5.41) is 9.64. The van der Waals surface area contributed by atoms with Crippen molar-refractivity contribution in [3.63, 3.8) is 0 Å². The number of hydrogen-bond donors (Lipinski definition) is 1. The van der Waals surface area contributed by atoms with E-state index in [1.807, 2.05) is 21.1 Å². The summed E-state index contributed by atoms with van der Waals surface area (Å²) >= 11 is 0. The molecule has 354 valence electrons. The van der Waals surface area contributed by atoms with Crippen molar-refractivity contribution in [1.29, 1.82) is 0 Å². The quantitative estimate of drug-likeness (QED) is 0.0214. The zero-order valence-electron chi connectivity index (χ0n) is 40.3. The summed E-state index contributed by atoms with van der Waals surface area (Å²) in [7, 11) is 5.52. The fourth-order valence-electron chi connectivity index (χ4n) is 6.76. The molecule has 0 saturated heterocycles. The molecule has 0 aromatic rings. The first kappa shape index (κ1) is 58.5. The SMILES string of the molecule is CC/C=C/C/C=C/C/C=C/C/C=C/C/C=C/CCCCCCCCCC(=O)OC(COCCC(C(=O)O)[N+](C)(C)C)COC(=O)CCCCCCCC/C=C/C=C/CCCCC. The number of ether oxygens (including phenoxy) is 3. The second kappa shape index (κ2) is 44.1. The molecule has 0 amide bonds. The number of carboxylic acid groups (broad SMARTS) is 1. The maximum absolute atomic E-state index is 12.8. The maximum atomic E-state index is 12.8. The van der Waals surface area contributed by atoms with E-state index in [2.05, 4.69) is 98.9 Å². The van der Waals surface area contributed by atoms with Gasteiger partial charge < -0.3 is 23.8 Å². The molecule has 0 aliphatic heterocycles. The number of carbonyl (C=O) groups is 3. The molecule has 1 N–H and O–H groups in total. The molecular formula is C54H92NO7+. The molecule has 0 aliphatic rings. The van der Waals surface area contributed by atoms with Crippen molar-refractivity contribution in [1.82, 2.24) is 0 Å². The number of aliphatic carboxylic acids is 1. The molecule has 0 fully saturated rings. The Kier molecular flexibility index (Phi) is 41.6. The zero-order valence-corrected chi connectivity index (χ0v) is 40.3. The average molecular weight is 867 g/mol. The number of quaternary nitrogens is 1. The molecule has 0 radical (unpaired) electrons. The highest BCUT2D eigenvalue weighted by atomic mass is 16.6. The molecular weight excluding hydrogens is 775 g/mol. The minimum absolute atomic E-state index is 0.0482. The van der Waals surface area contributed by atoms with Crippen LogP contribution in [0.5, 0.6) is 0 Å². The number of unbranched alkanes of at least 4 members (excludes halogenated alkanes) is 16. The summed E-state index contributed by atoms with van der Waals surface area (Å²) in [6.45, 7) is 4.56. The van der Waals surface area contributed by atoms with Crippen molar-refractivity contribution in [3.05, 3.63) is 85.1 Å². The Morgan fingerprint density at radius 3 is 1.44 bits per heavy atom. The smallest absolute Gasteiger partial charge is 0.362 e. The Balaban J connectivity index is 4.32. The first-order valence-electron chi connectivity index (χ1n) is 24.6. The van der Waals surface area contributed by atoms with Crippen LogP contribution in [0.25, 0.3) is 0 Å². The molecule has 0 rings (SSSR count). The molecule has 0 saturated carbocycles. The zero-order chi connectivity index (χ0) is 45.6. The van der Waals surface area contributed by atoms with E-state index in [0.29, 0.717) is 19.3 Å². The first-order chi connectivity index (χ1) is 30.1. The van der Waals surface area contributed by atoms with Crippen molar-refractivity contribution >= 4 is 17.9 Å². The van der Waals surface area contributed by atoms with Gasteiger partial charge in [0, 0.05) is 19.3 Å². The van der Waals surface area contributed by atoms with Crippen LogP contribution in [0.4, 0.5) is 0 Å². The van der Waals surface area contributed by atoms with Crippen LogP contribution in [0.2, 0.25) is 0 Å². The second-order valence-corrected chi connectivity index (χ2v) is 17.4. The van der Waals surface area contributed by atoms with Gasteiger partial charge in [0.1, 0.15) is 6.61 Å². The molecule has 2 atom stereocenters. The summed E-state index contributed by atoms with van der Waals surface area (Å²) < 4.78 is 17.3. The molecule has 8 heteroatoms. The molecule has 0 aliphatic carbocycles. The number of likely N-dealkylation sites (N-methyl/N-ethyl adjacent to an activating group) is 1. The van der Waals surface area contributed by atoms with Gasteiger partial charge in [-0.3, -0.25) is 9.59 Å². The van der Waals surface area contributed by atoms with E-state index in [9.17, 15) is 19.5 Å². The minimum Gasteiger partial charge on any atom is -0.477 e. The highest BCUT2D eigenvalue weighted by molar-refractivity contribution is 5.72. The van der Waals surface area contributed by atoms with Crippen LogP contribution in [-0.2, 0) is 28.6 Å². The summed E-state index contributed by atoms with van der Waals surface area (Å²) in [6.07, 6.45) is 57.7. The summed E-state index contributed by atoms with van der Waals surface area (Å²) in [6, 6.07) is -0.623. The minimum atomic E-state index is -0.882. The van der Waals surface area contributed by atoms with Gasteiger partial charge >= 0.3 is 17.9 Å². The van der Waals surface area contributed by atoms with Gasteiger partial charge in [-0.1, -0.05) is 170 Å². The Labute approximate surface area is 380 Å². The van der Waals surface area contributed by atoms with Gasteiger partial charge in [0.25, 0.3) is 0 Å². The molecule has 8 nitrogen and oxygen atoms in total. The van der Waals surface area contributed by atoms with Crippen molar-refractivity contribution in [3.8, 4) is 0 Å². The maximum Gasteiger partial charge on any atom is 0.362 e. The third-order valence-electron chi connectivity index (χ3n) is 10.6. The van der Waals surface area contributed by atoms with Crippen molar-refractivity contribution in [2.45, 2.75) is 199 Å². The van der Waals surface area contributed by atoms with Gasteiger partial charge in [0.05, 0.1) is 34.4 Å². The molecule has 0 heterocycles. The van der Waals surface area contributed by atoms with Gasteiger partial charge in [-0.15, -0.1) is 0 Å². The van der Waals surface area contributed by atoms with E-state index in [4.69, 9.17) is 14.2 Å². The van der Waals surface area contributed by atoms with Crippen LogP contribution in [0, 0.1) is 0 Å². The monoisotopic (exact) mass is 867 g/mol. The predicted octanol–water partition coefficient (Wildman–Crippen LogP) is 14.1. The lowest BCUT2D eigenvalue weighted by atomic mass is 10.1. The van der Waals surface area contributed by atoms with Gasteiger partial charge in [-0.25, -0.2) is 4.79 Å². The third kappa shape index (κ3) is 41.8. The Morgan fingerprint density at radius 1 is 0.516 bits per heavy atom. The second-order valence-electron chi connectivity index (χ2n) is 17.4. The van der Waals surface area contributed by atoms with Crippen molar-refractivity contribution < 1.29 is 38.2 Å². The standard InChI is InChI=1S/C54H91NO7/c1-6-8-10-12-14-16-18-20-22-23-24-25-26-27-28-29-31-33-35-37-39-41-43-45-53(57)62-50(48-60-47-46-51(54(58)59)55(3,4)5)49-61-52(56)44-42-40-38-36-34-32-30-21-19-17-15-13-11-9-7-2/h8,10,14-17,19-22,24-25,27-28,50-51H,6-7,9,11-13,18,23,26,29-49H2,1-5H3/p+1/b10-8+,16-14+,17-15+,21-19+,22-20+,25-24+,28-27+. The first-order valence-corrected chi connectivity index (χ1v) is 24.6. The fourth-order valence-corrected chi connectivity index (χ4v) is 6.76. The van der Waals surface area contributed by atoms with Crippen LogP contribution in [0.15, 0.2) is 85.1 Å². The summed E-state index contributed by atoms with van der Waals surface area (Å²) in [4.78, 5) is 37.1. The van der Waals surface area contributed by atoms with Crippen LogP contribution < -0.4 is 0 Å². The number of nitrogens with zero attached hydrogens (tertiary/aromatic N) is 1. The number of carboxylic acids is 1. The van der Waals surface area contributed by atoms with E-state index in [0.717, 1.165) is 103 Å². The largest absolute Gasteiger partial charge is 0.477 e. The lowest BCUT2D eigenvalue weighted by Gasteiger charge is -2.31. The number of hydrogen-bond acceptors (Lipinski definition) is 6. The summed E-state index contributed by atoms with van der Waals surface area (Å²) in [5.74, 6) is -1.50. The predicted molar refractivity (Wildman–Crippen MR) is 261 cm³/mol. The van der Waals surface area contributed by atoms with E-state index in [-0.39, 0.29) is 36.2 Å². The van der Waals surface area contributed by atoms with Crippen LogP contribution >= 0.6 is 0 Å². The van der Waals surface area contributed by atoms with E-state index in [1.54, 1.807) is 0 Å².